The van der Waals surface area contributed by atoms with Crippen molar-refractivity contribution in [1.29, 1.82) is 0 Å². The van der Waals surface area contributed by atoms with Crippen LogP contribution in [-0.2, 0) is 6.16 Å². The molecule has 2 aromatic carbocycles. The second kappa shape index (κ2) is 5.97. The van der Waals surface area contributed by atoms with Crippen LogP contribution in [-0.4, -0.2) is 7.11 Å². The molecule has 96 valence electrons. The maximum atomic E-state index is 6.64. The Hall–Kier alpha value is -0.690. The van der Waals surface area contributed by atoms with E-state index in [0.717, 1.165) is 17.2 Å². The van der Waals surface area contributed by atoms with E-state index < -0.39 is 5.82 Å². The van der Waals surface area contributed by atoms with Gasteiger partial charge in [-0.25, -0.2) is 0 Å². The molecule has 0 aliphatic rings. The standard InChI is InChI=1S/C14H16ClOPS/c1-16-13-9-7-12(8-10-13)11-17(15,18)14-5-3-2-4-6-14/h2-10,17-18H,11H2,1H3. The number of ether oxygens (including phenoxy) is 1. The molecule has 0 fully saturated rings. The van der Waals surface area contributed by atoms with Crippen LogP contribution in [0.5, 0.6) is 5.75 Å². The second-order valence-electron chi connectivity index (χ2n) is 4.15. The number of benzene rings is 2. The monoisotopic (exact) mass is 298 g/mol. The van der Waals surface area contributed by atoms with Crippen LogP contribution in [0.25, 0.3) is 0 Å². The van der Waals surface area contributed by atoms with Crippen molar-refractivity contribution in [2.75, 3.05) is 7.11 Å². The Morgan fingerprint density at radius 1 is 1.06 bits per heavy atom. The molecule has 0 saturated carbocycles. The molecule has 0 spiro atoms. The Balaban J connectivity index is 2.16. The van der Waals surface area contributed by atoms with Crippen molar-refractivity contribution in [1.82, 2.24) is 0 Å². The third-order valence-electron chi connectivity index (χ3n) is 2.81. The fourth-order valence-electron chi connectivity index (χ4n) is 1.81. The zero-order chi connectivity index (χ0) is 13.0. The van der Waals surface area contributed by atoms with Crippen molar-refractivity contribution in [3.63, 3.8) is 0 Å². The molecule has 0 atom stereocenters. The van der Waals surface area contributed by atoms with E-state index in [9.17, 15) is 0 Å². The first-order chi connectivity index (χ1) is 8.62. The van der Waals surface area contributed by atoms with E-state index >= 15 is 0 Å². The number of rotatable bonds is 4. The van der Waals surface area contributed by atoms with Crippen molar-refractivity contribution in [2.45, 2.75) is 6.16 Å². The van der Waals surface area contributed by atoms with E-state index in [1.807, 2.05) is 42.5 Å². The Bertz CT molecular complexity index is 499. The number of halogens is 1. The molecule has 0 aliphatic heterocycles. The minimum atomic E-state index is -2.22. The first-order valence-corrected chi connectivity index (χ1v) is 10.2. The van der Waals surface area contributed by atoms with E-state index in [2.05, 4.69) is 12.1 Å². The van der Waals surface area contributed by atoms with Gasteiger partial charge in [0, 0.05) is 0 Å². The molecule has 2 rings (SSSR count). The summed E-state index contributed by atoms with van der Waals surface area (Å²) in [5, 5.41) is 1.14. The van der Waals surface area contributed by atoms with E-state index in [4.69, 9.17) is 28.2 Å². The van der Waals surface area contributed by atoms with Gasteiger partial charge < -0.3 is 0 Å². The SMILES string of the molecule is COc1ccc(C[PH](S)(Cl)c2ccccc2)cc1. The number of hydrogen-bond donors (Lipinski definition) is 1. The van der Waals surface area contributed by atoms with Crippen molar-refractivity contribution in [3.05, 3.63) is 60.2 Å². The van der Waals surface area contributed by atoms with Crippen LogP contribution in [0.1, 0.15) is 5.56 Å². The van der Waals surface area contributed by atoms with Crippen LogP contribution in [0.2, 0.25) is 0 Å². The van der Waals surface area contributed by atoms with E-state index in [1.54, 1.807) is 7.11 Å². The molecule has 0 bridgehead atoms. The first-order valence-electron chi connectivity index (χ1n) is 5.71. The third kappa shape index (κ3) is 3.41. The molecule has 0 heterocycles. The molecular weight excluding hydrogens is 283 g/mol. The van der Waals surface area contributed by atoms with Gasteiger partial charge in [0.1, 0.15) is 0 Å². The number of thiol groups is 1. The molecule has 0 saturated heterocycles. The van der Waals surface area contributed by atoms with E-state index in [0.29, 0.717) is 0 Å². The van der Waals surface area contributed by atoms with Crippen molar-refractivity contribution < 1.29 is 4.74 Å². The predicted octanol–water partition coefficient (Wildman–Crippen LogP) is 4.27. The molecule has 1 nitrogen and oxygen atoms in total. The fraction of sp³-hybridized carbons (Fsp3) is 0.143. The summed E-state index contributed by atoms with van der Waals surface area (Å²) in [4.78, 5) is 0. The van der Waals surface area contributed by atoms with Crippen molar-refractivity contribution in [3.8, 4) is 5.75 Å². The van der Waals surface area contributed by atoms with Crippen LogP contribution in [0.15, 0.2) is 54.6 Å². The van der Waals surface area contributed by atoms with Gasteiger partial charge >= 0.3 is 119 Å². The molecule has 0 N–H and O–H groups in total. The summed E-state index contributed by atoms with van der Waals surface area (Å²) >= 11 is 11.4. The summed E-state index contributed by atoms with van der Waals surface area (Å²) in [5.41, 5.74) is 1.19. The van der Waals surface area contributed by atoms with Crippen LogP contribution in [0, 0.1) is 0 Å². The summed E-state index contributed by atoms with van der Waals surface area (Å²) in [5.74, 6) is -1.36. The molecule has 2 aromatic rings. The van der Waals surface area contributed by atoms with Crippen LogP contribution in [0.3, 0.4) is 0 Å². The van der Waals surface area contributed by atoms with Gasteiger partial charge in [0.2, 0.25) is 0 Å². The molecule has 0 unspecified atom stereocenters. The molecular formula is C14H16ClOPS. The first kappa shape index (κ1) is 13.7. The quantitative estimate of drug-likeness (QED) is 0.655. The van der Waals surface area contributed by atoms with E-state index in [-0.39, 0.29) is 0 Å². The average Bonchev–Trinajstić information content (AvgIpc) is 2.40. The zero-order valence-electron chi connectivity index (χ0n) is 10.1. The third-order valence-corrected chi connectivity index (χ3v) is 7.21. The van der Waals surface area contributed by atoms with E-state index in [1.165, 1.54) is 5.56 Å². The van der Waals surface area contributed by atoms with Gasteiger partial charge in [0.15, 0.2) is 0 Å². The van der Waals surface area contributed by atoms with Gasteiger partial charge in [-0.15, -0.1) is 0 Å². The average molecular weight is 299 g/mol. The topological polar surface area (TPSA) is 9.23 Å². The van der Waals surface area contributed by atoms with Crippen molar-refractivity contribution >= 4 is 34.6 Å². The molecule has 0 radical (unpaired) electrons. The van der Waals surface area contributed by atoms with Gasteiger partial charge in [0.05, 0.1) is 0 Å². The molecule has 0 aromatic heterocycles. The summed E-state index contributed by atoms with van der Waals surface area (Å²) in [6.45, 7) is 0. The fourth-order valence-corrected chi connectivity index (χ4v) is 5.33. The number of methoxy groups -OCH3 is 1. The Morgan fingerprint density at radius 3 is 2.22 bits per heavy atom. The van der Waals surface area contributed by atoms with Crippen LogP contribution in [0.4, 0.5) is 0 Å². The van der Waals surface area contributed by atoms with Gasteiger partial charge in [-0.3, -0.25) is 0 Å². The summed E-state index contributed by atoms with van der Waals surface area (Å²) in [6.07, 6.45) is 0.797. The Kier molecular flexibility index (Phi) is 4.55. The van der Waals surface area contributed by atoms with Crippen LogP contribution < -0.4 is 10.0 Å². The number of hydrogen-bond acceptors (Lipinski definition) is 2. The normalized spacial score (nSPS) is 12.2. The van der Waals surface area contributed by atoms with Gasteiger partial charge in [-0.1, -0.05) is 0 Å². The summed E-state index contributed by atoms with van der Waals surface area (Å²) < 4.78 is 5.14. The Labute approximate surface area is 118 Å². The maximum absolute atomic E-state index is 6.64. The molecule has 18 heavy (non-hydrogen) atoms. The van der Waals surface area contributed by atoms with Crippen LogP contribution >= 0.6 is 29.3 Å². The van der Waals surface area contributed by atoms with Gasteiger partial charge in [-0.2, -0.15) is 0 Å². The molecule has 4 heteroatoms. The molecule has 0 amide bonds. The summed E-state index contributed by atoms with van der Waals surface area (Å²) in [7, 11) is 1.66. The van der Waals surface area contributed by atoms with Gasteiger partial charge in [0.25, 0.3) is 0 Å². The molecule has 0 aliphatic carbocycles. The zero-order valence-corrected chi connectivity index (χ0v) is 12.8. The predicted molar refractivity (Wildman–Crippen MR) is 85.9 cm³/mol. The van der Waals surface area contributed by atoms with Crippen molar-refractivity contribution in [2.24, 2.45) is 0 Å². The Morgan fingerprint density at radius 2 is 1.67 bits per heavy atom. The second-order valence-corrected chi connectivity index (χ2v) is 11.6. The van der Waals surface area contributed by atoms with Gasteiger partial charge in [-0.05, 0) is 0 Å². The minimum absolute atomic E-state index is 0.797. The summed E-state index contributed by atoms with van der Waals surface area (Å²) in [6, 6.07) is 18.1.